The Hall–Kier alpha value is -0.940. The summed E-state index contributed by atoms with van der Waals surface area (Å²) in [4.78, 5) is 10.9. The summed E-state index contributed by atoms with van der Waals surface area (Å²) < 4.78 is 11.0. The minimum Gasteiger partial charge on any atom is -0.496 e. The average Bonchev–Trinajstić information content (AvgIpc) is 2.64. The molecule has 0 saturated carbocycles. The van der Waals surface area contributed by atoms with Crippen molar-refractivity contribution in [1.29, 1.82) is 0 Å². The lowest BCUT2D eigenvalue weighted by molar-refractivity contribution is 0.177. The summed E-state index contributed by atoms with van der Waals surface area (Å²) in [6, 6.07) is 5.55. The highest BCUT2D eigenvalue weighted by Gasteiger charge is 2.26. The normalized spacial score (nSPS) is 18.4. The number of cyclic esters (lactones) is 1. The van der Waals surface area contributed by atoms with Crippen molar-refractivity contribution in [3.05, 3.63) is 28.2 Å². The van der Waals surface area contributed by atoms with Crippen LogP contribution in [0.1, 0.15) is 11.6 Å². The maximum Gasteiger partial charge on any atom is 0.407 e. The summed E-state index contributed by atoms with van der Waals surface area (Å²) >= 11 is 3.36. The smallest absolute Gasteiger partial charge is 0.407 e. The van der Waals surface area contributed by atoms with Crippen molar-refractivity contribution < 1.29 is 14.3 Å². The fourth-order valence-corrected chi connectivity index (χ4v) is 1.87. The molecule has 1 saturated heterocycles. The van der Waals surface area contributed by atoms with Gasteiger partial charge in [-0.3, -0.25) is 0 Å². The molecule has 2 rings (SSSR count). The van der Waals surface area contributed by atoms with E-state index in [0.29, 0.717) is 6.61 Å². The first-order chi connectivity index (χ1) is 7.20. The number of methoxy groups -OCH3 is 1. The Morgan fingerprint density at radius 2 is 2.31 bits per heavy atom. The van der Waals surface area contributed by atoms with Gasteiger partial charge in [-0.05, 0) is 12.1 Å². The number of ether oxygens (including phenoxy) is 2. The van der Waals surface area contributed by atoms with Gasteiger partial charge >= 0.3 is 6.09 Å². The zero-order valence-corrected chi connectivity index (χ0v) is 10.9. The highest BCUT2D eigenvalue weighted by molar-refractivity contribution is 9.10. The molecule has 1 atom stereocenters. The Labute approximate surface area is 108 Å². The monoisotopic (exact) mass is 307 g/mol. The molecule has 6 heteroatoms. The Morgan fingerprint density at radius 3 is 2.88 bits per heavy atom. The van der Waals surface area contributed by atoms with Gasteiger partial charge in [0.05, 0.1) is 13.2 Å². The maximum atomic E-state index is 10.9. The molecule has 1 aromatic rings. The molecule has 0 radical (unpaired) electrons. The summed E-state index contributed by atoms with van der Waals surface area (Å²) in [6.45, 7) is 0.344. The number of hydrogen-bond donors (Lipinski definition) is 1. The Bertz CT molecular complexity index is 400. The second kappa shape index (κ2) is 5.41. The lowest BCUT2D eigenvalue weighted by Crippen LogP contribution is -2.18. The molecule has 1 aliphatic rings. The number of carbonyl (C=O) groups excluding carboxylic acids is 1. The van der Waals surface area contributed by atoms with Crippen LogP contribution in [0.5, 0.6) is 5.75 Å². The van der Waals surface area contributed by atoms with E-state index in [1.165, 1.54) is 0 Å². The fourth-order valence-electron chi connectivity index (χ4n) is 1.52. The molecule has 1 fully saturated rings. The second-order valence-electron chi connectivity index (χ2n) is 3.18. The topological polar surface area (TPSA) is 47.6 Å². The predicted octanol–water partition coefficient (Wildman–Crippen LogP) is 2.66. The molecule has 0 aromatic heterocycles. The quantitative estimate of drug-likeness (QED) is 0.914. The molecule has 0 bridgehead atoms. The Balaban J connectivity index is 0.00000128. The van der Waals surface area contributed by atoms with Gasteiger partial charge < -0.3 is 14.8 Å². The summed E-state index contributed by atoms with van der Waals surface area (Å²) in [5, 5.41) is 2.71. The van der Waals surface area contributed by atoms with Crippen molar-refractivity contribution >= 4 is 34.4 Å². The Morgan fingerprint density at radius 1 is 1.56 bits per heavy atom. The standard InChI is InChI=1S/C10H10BrNO3.ClH/c1-14-9-4-6(11)2-3-7(9)8-5-15-10(13)12-8;/h2-4,8H,5H2,1H3,(H,12,13);1H/t8-;/m1./s1. The zero-order chi connectivity index (χ0) is 10.8. The minimum atomic E-state index is -0.384. The number of hydrogen-bond acceptors (Lipinski definition) is 3. The third kappa shape index (κ3) is 2.59. The molecule has 1 heterocycles. The number of alkyl carbamates (subject to hydrolysis) is 1. The van der Waals surface area contributed by atoms with Crippen LogP contribution in [0.2, 0.25) is 0 Å². The van der Waals surface area contributed by atoms with Crippen molar-refractivity contribution in [3.8, 4) is 5.75 Å². The number of rotatable bonds is 2. The van der Waals surface area contributed by atoms with Gasteiger partial charge in [0.25, 0.3) is 0 Å². The van der Waals surface area contributed by atoms with Crippen LogP contribution in [0.25, 0.3) is 0 Å². The van der Waals surface area contributed by atoms with Gasteiger partial charge in [-0.2, -0.15) is 0 Å². The Kier molecular flexibility index (Phi) is 4.44. The van der Waals surface area contributed by atoms with Gasteiger partial charge in [0.2, 0.25) is 0 Å². The lowest BCUT2D eigenvalue weighted by atomic mass is 10.1. The molecule has 0 unspecified atom stereocenters. The minimum absolute atomic E-state index is 0. The van der Waals surface area contributed by atoms with Crippen LogP contribution in [0, 0.1) is 0 Å². The zero-order valence-electron chi connectivity index (χ0n) is 8.53. The van der Waals surface area contributed by atoms with E-state index in [2.05, 4.69) is 21.2 Å². The molecule has 88 valence electrons. The van der Waals surface area contributed by atoms with Crippen molar-refractivity contribution in [3.63, 3.8) is 0 Å². The fraction of sp³-hybridized carbons (Fsp3) is 0.300. The molecular weight excluding hydrogens is 297 g/mol. The van der Waals surface area contributed by atoms with Gasteiger partial charge in [0, 0.05) is 10.0 Å². The van der Waals surface area contributed by atoms with Gasteiger partial charge in [-0.15, -0.1) is 12.4 Å². The van der Waals surface area contributed by atoms with Crippen molar-refractivity contribution in [2.24, 2.45) is 0 Å². The largest absolute Gasteiger partial charge is 0.496 e. The summed E-state index contributed by atoms with van der Waals surface area (Å²) in [5.41, 5.74) is 0.923. The summed E-state index contributed by atoms with van der Waals surface area (Å²) in [5.74, 6) is 0.736. The van der Waals surface area contributed by atoms with Crippen LogP contribution in [0.3, 0.4) is 0 Å². The van der Waals surface area contributed by atoms with Crippen LogP contribution in [-0.4, -0.2) is 19.8 Å². The summed E-state index contributed by atoms with van der Waals surface area (Å²) in [6.07, 6.45) is -0.384. The SMILES string of the molecule is COc1cc(Br)ccc1[C@H]1COC(=O)N1.Cl. The van der Waals surface area contributed by atoms with E-state index in [0.717, 1.165) is 15.8 Å². The molecule has 0 aliphatic carbocycles. The van der Waals surface area contributed by atoms with Crippen molar-refractivity contribution in [2.45, 2.75) is 6.04 Å². The maximum absolute atomic E-state index is 10.9. The number of carbonyl (C=O) groups is 1. The first-order valence-corrected chi connectivity index (χ1v) is 5.26. The molecule has 4 nitrogen and oxygen atoms in total. The van der Waals surface area contributed by atoms with Gasteiger partial charge in [-0.25, -0.2) is 4.79 Å². The van der Waals surface area contributed by atoms with Crippen molar-refractivity contribution in [2.75, 3.05) is 13.7 Å². The van der Waals surface area contributed by atoms with Gasteiger partial charge in [-0.1, -0.05) is 22.0 Å². The molecule has 1 aliphatic heterocycles. The van der Waals surface area contributed by atoms with Crippen LogP contribution >= 0.6 is 28.3 Å². The highest BCUT2D eigenvalue weighted by Crippen LogP contribution is 2.30. The van der Waals surface area contributed by atoms with E-state index >= 15 is 0 Å². The van der Waals surface area contributed by atoms with E-state index in [1.54, 1.807) is 7.11 Å². The van der Waals surface area contributed by atoms with Crippen LogP contribution in [-0.2, 0) is 4.74 Å². The van der Waals surface area contributed by atoms with Crippen molar-refractivity contribution in [1.82, 2.24) is 5.32 Å². The first kappa shape index (κ1) is 13.1. The van der Waals surface area contributed by atoms with E-state index < -0.39 is 0 Å². The molecule has 1 N–H and O–H groups in total. The highest BCUT2D eigenvalue weighted by atomic mass is 79.9. The third-order valence-corrected chi connectivity index (χ3v) is 2.74. The molecule has 1 amide bonds. The number of nitrogens with one attached hydrogen (secondary N) is 1. The van der Waals surface area contributed by atoms with Crippen LogP contribution in [0.15, 0.2) is 22.7 Å². The van der Waals surface area contributed by atoms with E-state index in [9.17, 15) is 4.79 Å². The lowest BCUT2D eigenvalue weighted by Gasteiger charge is -2.12. The van der Waals surface area contributed by atoms with Crippen LogP contribution in [0.4, 0.5) is 4.79 Å². The van der Waals surface area contributed by atoms with Gasteiger partial charge in [0.1, 0.15) is 12.4 Å². The van der Waals surface area contributed by atoms with Gasteiger partial charge in [0.15, 0.2) is 0 Å². The van der Waals surface area contributed by atoms with E-state index in [1.807, 2.05) is 18.2 Å². The molecule has 16 heavy (non-hydrogen) atoms. The number of amides is 1. The molecule has 0 spiro atoms. The second-order valence-corrected chi connectivity index (χ2v) is 4.10. The first-order valence-electron chi connectivity index (χ1n) is 4.47. The third-order valence-electron chi connectivity index (χ3n) is 2.24. The van der Waals surface area contributed by atoms with E-state index in [-0.39, 0.29) is 24.5 Å². The number of benzene rings is 1. The molecule has 1 aromatic carbocycles. The predicted molar refractivity (Wildman–Crippen MR) is 65.2 cm³/mol. The number of halogens is 2. The molecular formula is C10H11BrClNO3. The van der Waals surface area contributed by atoms with Crippen LogP contribution < -0.4 is 10.1 Å². The van der Waals surface area contributed by atoms with E-state index in [4.69, 9.17) is 9.47 Å². The summed E-state index contributed by atoms with van der Waals surface area (Å²) in [7, 11) is 1.60. The average molecular weight is 309 g/mol.